The van der Waals surface area contributed by atoms with Gasteiger partial charge in [0.1, 0.15) is 0 Å². The Bertz CT molecular complexity index is 195. The minimum Gasteiger partial charge on any atom is -0.493 e. The van der Waals surface area contributed by atoms with Crippen molar-refractivity contribution in [3.05, 3.63) is 11.8 Å². The Morgan fingerprint density at radius 2 is 2.20 bits per heavy atom. The zero-order chi connectivity index (χ0) is 6.85. The van der Waals surface area contributed by atoms with Gasteiger partial charge in [-0.15, -0.1) is 0 Å². The van der Waals surface area contributed by atoms with E-state index in [9.17, 15) is 0 Å². The van der Waals surface area contributed by atoms with E-state index in [-0.39, 0.29) is 19.5 Å². The first-order chi connectivity index (χ1) is 4.22. The van der Waals surface area contributed by atoms with Crippen LogP contribution in [0.15, 0.2) is 6.20 Å². The quantitative estimate of drug-likeness (QED) is 0.720. The van der Waals surface area contributed by atoms with E-state index in [2.05, 4.69) is 24.0 Å². The van der Waals surface area contributed by atoms with Gasteiger partial charge in [0, 0.05) is 25.7 Å². The fourth-order valence-corrected chi connectivity index (χ4v) is 0.722. The summed E-state index contributed by atoms with van der Waals surface area (Å²) in [6, 6.07) is 0. The summed E-state index contributed by atoms with van der Waals surface area (Å²) in [5.41, 5.74) is 6.50. The number of hydrogen-bond acceptors (Lipinski definition) is 2. The first-order valence-electron chi connectivity index (χ1n) is 2.95. The Morgan fingerprint density at radius 3 is 2.40 bits per heavy atom. The summed E-state index contributed by atoms with van der Waals surface area (Å²) in [6.45, 7) is 4.13. The summed E-state index contributed by atoms with van der Waals surface area (Å²) in [5.74, 6) is 0.991. The van der Waals surface area contributed by atoms with Crippen LogP contribution >= 0.6 is 0 Å². The maximum absolute atomic E-state index is 5.47. The summed E-state index contributed by atoms with van der Waals surface area (Å²) in [6.07, 6.45) is 1.71. The third-order valence-electron chi connectivity index (χ3n) is 1.28. The van der Waals surface area contributed by atoms with Gasteiger partial charge in [-0.2, -0.15) is 0 Å². The van der Waals surface area contributed by atoms with Crippen molar-refractivity contribution in [2.75, 3.05) is 5.73 Å². The van der Waals surface area contributed by atoms with Crippen LogP contribution in [0, 0.1) is 0 Å². The van der Waals surface area contributed by atoms with Gasteiger partial charge in [0.2, 0.25) is 0 Å². The average Bonchev–Trinajstić information content (AvgIpc) is 2.13. The third kappa shape index (κ3) is 1.81. The molecule has 1 aromatic rings. The molecule has 0 saturated heterocycles. The van der Waals surface area contributed by atoms with Crippen LogP contribution in [0.3, 0.4) is 0 Å². The van der Waals surface area contributed by atoms with Gasteiger partial charge >= 0.3 is 0 Å². The molecule has 0 aromatic carbocycles. The van der Waals surface area contributed by atoms with E-state index in [0.717, 1.165) is 5.56 Å². The van der Waals surface area contributed by atoms with Crippen LogP contribution in [0.1, 0.15) is 25.3 Å². The normalized spacial score (nSPS) is 9.50. The van der Waals surface area contributed by atoms with Crippen LogP contribution in [-0.4, -0.2) is 5.10 Å². The van der Waals surface area contributed by atoms with Crippen LogP contribution in [0.2, 0.25) is 0 Å². The van der Waals surface area contributed by atoms with E-state index in [0.29, 0.717) is 11.7 Å². The maximum atomic E-state index is 5.47. The molecule has 0 spiro atoms. The van der Waals surface area contributed by atoms with Gasteiger partial charge < -0.3 is 10.8 Å². The van der Waals surface area contributed by atoms with E-state index >= 15 is 0 Å². The molecule has 0 atom stereocenters. The predicted molar refractivity (Wildman–Crippen MR) is 36.1 cm³/mol. The molecule has 0 aliphatic heterocycles. The second-order valence-corrected chi connectivity index (χ2v) is 2.34. The number of aromatic nitrogens is 2. The minimum absolute atomic E-state index is 0. The summed E-state index contributed by atoms with van der Waals surface area (Å²) in [4.78, 5) is 0. The monoisotopic (exact) mass is 227 g/mol. The molecule has 0 aliphatic carbocycles. The fraction of sp³-hybridized carbons (Fsp3) is 0.500. The van der Waals surface area contributed by atoms with Gasteiger partial charge in [-0.3, -0.25) is 5.10 Å². The molecule has 0 fully saturated rings. The number of nitrogens with two attached hydrogens (primary N) is 1. The standard InChI is InChI=1S/C6H10N3.Rh/c1-4(2)5-3-8-9-6(5)7;/h3-4H,1-2H3,(H2-,7,8,9);/q-1;. The van der Waals surface area contributed by atoms with Crippen molar-refractivity contribution in [2.45, 2.75) is 19.8 Å². The molecule has 0 amide bonds. The second kappa shape index (κ2) is 3.72. The molecular weight excluding hydrogens is 217 g/mol. The largest absolute Gasteiger partial charge is 0.493 e. The van der Waals surface area contributed by atoms with Gasteiger partial charge in [-0.1, -0.05) is 13.8 Å². The van der Waals surface area contributed by atoms with E-state index in [1.807, 2.05) is 0 Å². The number of hydrogen-bond donors (Lipinski definition) is 1. The van der Waals surface area contributed by atoms with Gasteiger partial charge in [-0.25, -0.2) is 0 Å². The number of anilines is 1. The van der Waals surface area contributed by atoms with Crippen LogP contribution in [0.4, 0.5) is 5.82 Å². The van der Waals surface area contributed by atoms with Crippen LogP contribution in [-0.2, 0) is 19.5 Å². The Morgan fingerprint density at radius 1 is 1.60 bits per heavy atom. The van der Waals surface area contributed by atoms with Crippen molar-refractivity contribution in [1.29, 1.82) is 0 Å². The molecule has 0 saturated carbocycles. The van der Waals surface area contributed by atoms with Crippen LogP contribution in [0.5, 0.6) is 0 Å². The van der Waals surface area contributed by atoms with Crippen LogP contribution in [0.25, 0.3) is 0 Å². The first-order valence-corrected chi connectivity index (χ1v) is 2.95. The average molecular weight is 227 g/mol. The van der Waals surface area contributed by atoms with Crippen molar-refractivity contribution < 1.29 is 19.5 Å². The topological polar surface area (TPSA) is 53.0 Å². The van der Waals surface area contributed by atoms with Crippen molar-refractivity contribution in [3.63, 3.8) is 0 Å². The van der Waals surface area contributed by atoms with Crippen molar-refractivity contribution in [3.8, 4) is 0 Å². The SMILES string of the molecule is CC(C)c1cn[n-]c1N.[Rh]. The molecule has 1 radical (unpaired) electrons. The van der Waals surface area contributed by atoms with E-state index in [4.69, 9.17) is 5.73 Å². The number of nitrogen functional groups attached to an aromatic ring is 1. The first kappa shape index (κ1) is 9.63. The fourth-order valence-electron chi connectivity index (χ4n) is 0.722. The van der Waals surface area contributed by atoms with Gasteiger partial charge in [0.25, 0.3) is 0 Å². The Hall–Kier alpha value is -0.367. The van der Waals surface area contributed by atoms with Crippen LogP contribution < -0.4 is 10.8 Å². The van der Waals surface area contributed by atoms with E-state index < -0.39 is 0 Å². The summed E-state index contributed by atoms with van der Waals surface area (Å²) in [5, 5.41) is 7.33. The van der Waals surface area contributed by atoms with Crippen molar-refractivity contribution >= 4 is 5.82 Å². The Labute approximate surface area is 73.1 Å². The summed E-state index contributed by atoms with van der Waals surface area (Å²) in [7, 11) is 0. The minimum atomic E-state index is 0. The molecule has 1 aromatic heterocycles. The molecule has 1 heterocycles. The summed E-state index contributed by atoms with van der Waals surface area (Å²) < 4.78 is 0. The maximum Gasteiger partial charge on any atom is 0.0293 e. The number of rotatable bonds is 1. The molecule has 0 bridgehead atoms. The molecule has 0 unspecified atom stereocenters. The number of nitrogens with zero attached hydrogens (tertiary/aromatic N) is 2. The van der Waals surface area contributed by atoms with E-state index in [1.165, 1.54) is 0 Å². The van der Waals surface area contributed by atoms with Gasteiger partial charge in [0.15, 0.2) is 0 Å². The smallest absolute Gasteiger partial charge is 0.0293 e. The predicted octanol–water partition coefficient (Wildman–Crippen LogP) is 0.742. The van der Waals surface area contributed by atoms with Crippen molar-refractivity contribution in [2.24, 2.45) is 0 Å². The summed E-state index contributed by atoms with van der Waals surface area (Å²) >= 11 is 0. The Kier molecular flexibility index (Phi) is 3.58. The Balaban J connectivity index is 0.000000810. The zero-order valence-electron chi connectivity index (χ0n) is 5.96. The molecule has 1 rings (SSSR count). The third-order valence-corrected chi connectivity index (χ3v) is 1.28. The second-order valence-electron chi connectivity index (χ2n) is 2.34. The molecule has 59 valence electrons. The zero-order valence-corrected chi connectivity index (χ0v) is 7.60. The molecule has 4 heteroatoms. The van der Waals surface area contributed by atoms with E-state index in [1.54, 1.807) is 6.20 Å². The molecule has 3 nitrogen and oxygen atoms in total. The molecule has 2 N–H and O–H groups in total. The van der Waals surface area contributed by atoms with Gasteiger partial charge in [0.05, 0.1) is 0 Å². The van der Waals surface area contributed by atoms with Crippen molar-refractivity contribution in [1.82, 2.24) is 10.2 Å². The molecule has 0 aliphatic rings. The molecular formula is C6H10N3Rh-. The molecule has 10 heavy (non-hydrogen) atoms. The van der Waals surface area contributed by atoms with Gasteiger partial charge in [-0.05, 0) is 17.3 Å².